The highest BCUT2D eigenvalue weighted by Gasteiger charge is 2.15. The number of rotatable bonds is 7. The van der Waals surface area contributed by atoms with E-state index < -0.39 is 5.91 Å². The van der Waals surface area contributed by atoms with Gasteiger partial charge in [-0.25, -0.2) is 0 Å². The smallest absolute Gasteiger partial charge is 0.255 e. The molecule has 0 heterocycles. The summed E-state index contributed by atoms with van der Waals surface area (Å²) < 4.78 is 5.15. The summed E-state index contributed by atoms with van der Waals surface area (Å²) in [4.78, 5) is 10.5. The molecule has 0 fully saturated rings. The maximum Gasteiger partial charge on any atom is 0.255 e. The van der Waals surface area contributed by atoms with Crippen LogP contribution in [0.5, 0.6) is 5.75 Å². The second-order valence-electron chi connectivity index (χ2n) is 4.96. The van der Waals surface area contributed by atoms with Crippen LogP contribution in [0.2, 0.25) is 0 Å². The van der Waals surface area contributed by atoms with Gasteiger partial charge in [0.25, 0.3) is 5.91 Å². The molecular formula is C13H20N2O3. The molecule has 18 heavy (non-hydrogen) atoms. The van der Waals surface area contributed by atoms with Gasteiger partial charge in [0.15, 0.2) is 6.61 Å². The number of carbonyl (C=O) groups is 1. The zero-order valence-corrected chi connectivity index (χ0v) is 10.8. The highest BCUT2D eigenvalue weighted by atomic mass is 16.5. The molecule has 0 aliphatic rings. The maximum atomic E-state index is 10.5. The number of carbonyl (C=O) groups excluding carboxylic acids is 1. The third kappa shape index (κ3) is 5.05. The van der Waals surface area contributed by atoms with Crippen LogP contribution in [0.25, 0.3) is 0 Å². The molecule has 100 valence electrons. The third-order valence-electron chi connectivity index (χ3n) is 2.43. The van der Waals surface area contributed by atoms with Gasteiger partial charge in [-0.15, -0.1) is 0 Å². The minimum Gasteiger partial charge on any atom is -0.484 e. The highest BCUT2D eigenvalue weighted by Crippen LogP contribution is 2.18. The third-order valence-corrected chi connectivity index (χ3v) is 2.43. The lowest BCUT2D eigenvalue weighted by molar-refractivity contribution is -0.119. The van der Waals surface area contributed by atoms with Crippen molar-refractivity contribution in [1.82, 2.24) is 0 Å². The second-order valence-corrected chi connectivity index (χ2v) is 4.96. The number of aliphatic hydroxyl groups is 1. The van der Waals surface area contributed by atoms with Crippen LogP contribution in [0.3, 0.4) is 0 Å². The van der Waals surface area contributed by atoms with Crippen LogP contribution in [0.15, 0.2) is 24.3 Å². The van der Waals surface area contributed by atoms with Crippen molar-refractivity contribution in [3.05, 3.63) is 24.3 Å². The Morgan fingerprint density at radius 3 is 2.50 bits per heavy atom. The van der Waals surface area contributed by atoms with E-state index in [0.29, 0.717) is 12.3 Å². The van der Waals surface area contributed by atoms with Gasteiger partial charge < -0.3 is 20.9 Å². The molecule has 1 amide bonds. The lowest BCUT2D eigenvalue weighted by atomic mass is 9.95. The number of primary amides is 1. The van der Waals surface area contributed by atoms with Gasteiger partial charge in [-0.2, -0.15) is 0 Å². The Morgan fingerprint density at radius 2 is 2.00 bits per heavy atom. The second kappa shape index (κ2) is 6.26. The van der Waals surface area contributed by atoms with Gasteiger partial charge in [0, 0.05) is 24.3 Å². The van der Waals surface area contributed by atoms with E-state index in [-0.39, 0.29) is 18.6 Å². The number of aliphatic hydroxyl groups excluding tert-OH is 1. The number of amides is 1. The van der Waals surface area contributed by atoms with E-state index in [1.54, 1.807) is 12.1 Å². The Morgan fingerprint density at radius 1 is 1.39 bits per heavy atom. The quantitative estimate of drug-likeness (QED) is 0.675. The molecule has 1 rings (SSSR count). The normalized spacial score (nSPS) is 11.1. The molecule has 0 radical (unpaired) electrons. The van der Waals surface area contributed by atoms with Crippen molar-refractivity contribution in [2.24, 2.45) is 11.1 Å². The predicted octanol–water partition coefficient (Wildman–Crippen LogP) is 0.981. The van der Waals surface area contributed by atoms with E-state index in [1.807, 2.05) is 26.0 Å². The van der Waals surface area contributed by atoms with Crippen molar-refractivity contribution in [1.29, 1.82) is 0 Å². The Labute approximate surface area is 107 Å². The van der Waals surface area contributed by atoms with Crippen LogP contribution >= 0.6 is 0 Å². The number of hydrogen-bond acceptors (Lipinski definition) is 4. The van der Waals surface area contributed by atoms with Crippen LogP contribution < -0.4 is 15.8 Å². The van der Waals surface area contributed by atoms with Gasteiger partial charge in [0.2, 0.25) is 0 Å². The molecule has 5 heteroatoms. The molecule has 5 nitrogen and oxygen atoms in total. The summed E-state index contributed by atoms with van der Waals surface area (Å²) in [5, 5.41) is 12.4. The molecule has 0 aliphatic heterocycles. The molecule has 0 aliphatic carbocycles. The number of anilines is 1. The lowest BCUT2D eigenvalue weighted by Crippen LogP contribution is -2.26. The Balaban J connectivity index is 2.47. The molecular weight excluding hydrogens is 232 g/mol. The van der Waals surface area contributed by atoms with Crippen LogP contribution in [0, 0.1) is 5.41 Å². The van der Waals surface area contributed by atoms with Crippen LogP contribution in [0.4, 0.5) is 5.69 Å². The van der Waals surface area contributed by atoms with Crippen LogP contribution in [0.1, 0.15) is 13.8 Å². The molecule has 0 saturated carbocycles. The fourth-order valence-corrected chi connectivity index (χ4v) is 1.22. The number of hydrogen-bond donors (Lipinski definition) is 3. The van der Waals surface area contributed by atoms with Gasteiger partial charge in [0.05, 0.1) is 0 Å². The fraction of sp³-hybridized carbons (Fsp3) is 0.462. The van der Waals surface area contributed by atoms with E-state index in [9.17, 15) is 4.79 Å². The van der Waals surface area contributed by atoms with Gasteiger partial charge in [-0.1, -0.05) is 13.8 Å². The summed E-state index contributed by atoms with van der Waals surface area (Å²) in [6, 6.07) is 7.22. The van der Waals surface area contributed by atoms with Crippen molar-refractivity contribution in [2.75, 3.05) is 25.1 Å². The highest BCUT2D eigenvalue weighted by molar-refractivity contribution is 5.75. The largest absolute Gasteiger partial charge is 0.484 e. The van der Waals surface area contributed by atoms with E-state index in [2.05, 4.69) is 5.32 Å². The first-order chi connectivity index (χ1) is 8.43. The van der Waals surface area contributed by atoms with Crippen molar-refractivity contribution >= 4 is 11.6 Å². The zero-order valence-electron chi connectivity index (χ0n) is 10.8. The number of nitrogens with one attached hydrogen (secondary N) is 1. The first kappa shape index (κ1) is 14.3. The topological polar surface area (TPSA) is 84.6 Å². The molecule has 1 aromatic carbocycles. The molecule has 4 N–H and O–H groups in total. The van der Waals surface area contributed by atoms with E-state index >= 15 is 0 Å². The first-order valence-electron chi connectivity index (χ1n) is 5.79. The molecule has 0 bridgehead atoms. The maximum absolute atomic E-state index is 10.5. The Bertz CT molecular complexity index is 388. The van der Waals surface area contributed by atoms with Crippen molar-refractivity contribution < 1.29 is 14.6 Å². The molecule has 1 aromatic rings. The number of benzene rings is 1. The molecule has 0 atom stereocenters. The predicted molar refractivity (Wildman–Crippen MR) is 70.5 cm³/mol. The summed E-state index contributed by atoms with van der Waals surface area (Å²) in [6.07, 6.45) is 0. The SMILES string of the molecule is CC(C)(CO)CNc1ccc(OCC(N)=O)cc1. The number of nitrogens with two attached hydrogens (primary N) is 1. The Kier molecular flexibility index (Phi) is 4.97. The summed E-state index contributed by atoms with van der Waals surface area (Å²) in [5.74, 6) is 0.0997. The van der Waals surface area contributed by atoms with E-state index in [0.717, 1.165) is 5.69 Å². The molecule has 0 unspecified atom stereocenters. The minimum atomic E-state index is -0.498. The average Bonchev–Trinajstić information content (AvgIpc) is 2.35. The average molecular weight is 252 g/mol. The Hall–Kier alpha value is -1.75. The van der Waals surface area contributed by atoms with Gasteiger partial charge in [0.1, 0.15) is 5.75 Å². The van der Waals surface area contributed by atoms with Gasteiger partial charge in [-0.05, 0) is 24.3 Å². The molecule has 0 saturated heterocycles. The van der Waals surface area contributed by atoms with E-state index in [1.165, 1.54) is 0 Å². The minimum absolute atomic E-state index is 0.121. The summed E-state index contributed by atoms with van der Waals surface area (Å²) in [6.45, 7) is 4.63. The fourth-order valence-electron chi connectivity index (χ4n) is 1.22. The zero-order chi connectivity index (χ0) is 13.6. The van der Waals surface area contributed by atoms with Gasteiger partial charge >= 0.3 is 0 Å². The van der Waals surface area contributed by atoms with E-state index in [4.69, 9.17) is 15.6 Å². The molecule has 0 aromatic heterocycles. The van der Waals surface area contributed by atoms with Crippen LogP contribution in [-0.4, -0.2) is 30.8 Å². The first-order valence-corrected chi connectivity index (χ1v) is 5.79. The molecule has 0 spiro atoms. The van der Waals surface area contributed by atoms with Crippen molar-refractivity contribution in [2.45, 2.75) is 13.8 Å². The number of ether oxygens (including phenoxy) is 1. The van der Waals surface area contributed by atoms with Crippen molar-refractivity contribution in [3.8, 4) is 5.75 Å². The monoisotopic (exact) mass is 252 g/mol. The van der Waals surface area contributed by atoms with Crippen molar-refractivity contribution in [3.63, 3.8) is 0 Å². The van der Waals surface area contributed by atoms with Crippen LogP contribution in [-0.2, 0) is 4.79 Å². The summed E-state index contributed by atoms with van der Waals surface area (Å²) in [7, 11) is 0. The summed E-state index contributed by atoms with van der Waals surface area (Å²) in [5.41, 5.74) is 5.75. The standard InChI is InChI=1S/C13H20N2O3/c1-13(2,9-16)8-15-10-3-5-11(6-4-10)18-7-12(14)17/h3-6,15-16H,7-9H2,1-2H3,(H2,14,17). The van der Waals surface area contributed by atoms with Gasteiger partial charge in [-0.3, -0.25) is 4.79 Å². The lowest BCUT2D eigenvalue weighted by Gasteiger charge is -2.22. The summed E-state index contributed by atoms with van der Waals surface area (Å²) >= 11 is 0.